The highest BCUT2D eigenvalue weighted by molar-refractivity contribution is 6.30. The van der Waals surface area contributed by atoms with Crippen molar-refractivity contribution in [3.8, 4) is 0 Å². The van der Waals surface area contributed by atoms with Crippen LogP contribution < -0.4 is 0 Å². The Morgan fingerprint density at radius 1 is 1.17 bits per heavy atom. The van der Waals surface area contributed by atoms with Crippen LogP contribution in [0.3, 0.4) is 0 Å². The van der Waals surface area contributed by atoms with Gasteiger partial charge in [0.1, 0.15) is 10.6 Å². The molecule has 1 aromatic rings. The Hall–Kier alpha value is -1.77. The lowest BCUT2D eigenvalue weighted by molar-refractivity contribution is -0.243. The highest BCUT2D eigenvalue weighted by Gasteiger charge is 2.63. The summed E-state index contributed by atoms with van der Waals surface area (Å²) in [6, 6.07) is 1.62. The maximum atomic E-state index is 14.4. The summed E-state index contributed by atoms with van der Waals surface area (Å²) in [5.74, 6) is -7.29. The van der Waals surface area contributed by atoms with Gasteiger partial charge in [-0.15, -0.1) is 0 Å². The maximum Gasteiger partial charge on any atom is 0.431 e. The molecule has 30 heavy (non-hydrogen) atoms. The summed E-state index contributed by atoms with van der Waals surface area (Å²) in [6.45, 7) is 4.57. The molecule has 0 amide bonds. The number of aryl methyl sites for hydroxylation is 1. The van der Waals surface area contributed by atoms with Gasteiger partial charge in [-0.3, -0.25) is 4.79 Å². The van der Waals surface area contributed by atoms with E-state index in [0.29, 0.717) is 25.0 Å². The average Bonchev–Trinajstić information content (AvgIpc) is 3.15. The first-order chi connectivity index (χ1) is 13.6. The van der Waals surface area contributed by atoms with Crippen molar-refractivity contribution >= 4 is 17.6 Å². The zero-order valence-electron chi connectivity index (χ0n) is 16.3. The number of unbranched alkanes of at least 4 members (excludes halogenated alkanes) is 1. The largest absolute Gasteiger partial charge is 0.431 e. The Kier molecular flexibility index (Phi) is 6.86. The molecule has 0 radical (unpaired) electrons. The third-order valence-corrected chi connectivity index (χ3v) is 5.61. The Morgan fingerprint density at radius 2 is 1.77 bits per heavy atom. The average molecular weight is 461 g/mol. The van der Waals surface area contributed by atoms with Crippen molar-refractivity contribution in [2.24, 2.45) is 17.3 Å². The smallest absolute Gasteiger partial charge is 0.397 e. The van der Waals surface area contributed by atoms with E-state index >= 15 is 0 Å². The number of alkyl halides is 5. The van der Waals surface area contributed by atoms with E-state index < -0.39 is 57.7 Å². The monoisotopic (exact) mass is 460 g/mol. The van der Waals surface area contributed by atoms with Gasteiger partial charge in [-0.2, -0.15) is 22.0 Å². The quantitative estimate of drug-likeness (QED) is 0.328. The van der Waals surface area contributed by atoms with Crippen molar-refractivity contribution in [1.82, 2.24) is 0 Å². The molecule has 0 spiro atoms. The molecule has 2 rings (SSSR count). The summed E-state index contributed by atoms with van der Waals surface area (Å²) >= 11 is 5.15. The number of hydrogen-bond acceptors (Lipinski definition) is 2. The summed E-state index contributed by atoms with van der Waals surface area (Å²) in [6.07, 6.45) is -7.44. The molecule has 1 aliphatic rings. The molecular weight excluding hydrogens is 441 g/mol. The lowest BCUT2D eigenvalue weighted by Crippen LogP contribution is -2.26. The number of ether oxygens (including phenoxy) is 1. The molecule has 0 saturated heterocycles. The predicted octanol–water partition coefficient (Wildman–Crippen LogP) is 6.86. The molecular formula is C20H20ClF7O2. The van der Waals surface area contributed by atoms with Crippen LogP contribution in [0.1, 0.15) is 44.7 Å². The second-order valence-electron chi connectivity index (χ2n) is 7.78. The summed E-state index contributed by atoms with van der Waals surface area (Å²) in [4.78, 5) is 12.2. The topological polar surface area (TPSA) is 26.3 Å². The van der Waals surface area contributed by atoms with Gasteiger partial charge in [0, 0.05) is 0 Å². The Bertz CT molecular complexity index is 846. The van der Waals surface area contributed by atoms with Crippen molar-refractivity contribution in [2.45, 2.75) is 52.3 Å². The number of benzene rings is 1. The van der Waals surface area contributed by atoms with Crippen molar-refractivity contribution in [1.29, 1.82) is 0 Å². The summed E-state index contributed by atoms with van der Waals surface area (Å²) in [5, 5.41) is -1.49. The van der Waals surface area contributed by atoms with E-state index in [1.54, 1.807) is 0 Å². The van der Waals surface area contributed by atoms with Crippen molar-refractivity contribution in [2.75, 3.05) is 0 Å². The number of halogens is 8. The Balaban J connectivity index is 2.21. The minimum atomic E-state index is -4.85. The van der Waals surface area contributed by atoms with E-state index in [1.165, 1.54) is 13.8 Å². The Morgan fingerprint density at radius 3 is 2.30 bits per heavy atom. The zero-order valence-corrected chi connectivity index (χ0v) is 17.1. The van der Waals surface area contributed by atoms with Crippen LogP contribution in [-0.2, 0) is 22.1 Å². The van der Waals surface area contributed by atoms with Crippen LogP contribution in [0.4, 0.5) is 30.7 Å². The van der Waals surface area contributed by atoms with Gasteiger partial charge in [-0.25, -0.2) is 8.78 Å². The third-order valence-electron chi connectivity index (χ3n) is 5.27. The molecule has 0 heterocycles. The fraction of sp³-hybridized carbons (Fsp3) is 0.550. The summed E-state index contributed by atoms with van der Waals surface area (Å²) in [5.41, 5.74) is -2.69. The van der Waals surface area contributed by atoms with Gasteiger partial charge in [0.05, 0.1) is 5.92 Å². The number of carbonyl (C=O) groups excluding carboxylic acids is 1. The number of hydrogen-bond donors (Lipinski definition) is 0. The van der Waals surface area contributed by atoms with Gasteiger partial charge in [0.15, 0.2) is 11.6 Å². The predicted molar refractivity (Wildman–Crippen MR) is 95.7 cm³/mol. The minimum absolute atomic E-state index is 0.0875. The van der Waals surface area contributed by atoms with Gasteiger partial charge >= 0.3 is 18.3 Å². The van der Waals surface area contributed by atoms with E-state index in [2.05, 4.69) is 4.74 Å². The fourth-order valence-electron chi connectivity index (χ4n) is 3.31. The summed E-state index contributed by atoms with van der Waals surface area (Å²) in [7, 11) is 0. The van der Waals surface area contributed by atoms with Gasteiger partial charge in [-0.1, -0.05) is 50.9 Å². The molecule has 0 aliphatic heterocycles. The number of carbonyl (C=O) groups is 1. The van der Waals surface area contributed by atoms with Crippen LogP contribution in [0.25, 0.3) is 0 Å². The normalized spacial score (nSPS) is 21.5. The van der Waals surface area contributed by atoms with Crippen LogP contribution in [0, 0.1) is 28.9 Å². The molecule has 0 N–H and O–H groups in total. The van der Waals surface area contributed by atoms with Crippen LogP contribution in [0.5, 0.6) is 0 Å². The molecule has 1 saturated carbocycles. The highest BCUT2D eigenvalue weighted by Crippen LogP contribution is 2.61. The van der Waals surface area contributed by atoms with Gasteiger partial charge < -0.3 is 4.74 Å². The molecule has 2 nitrogen and oxygen atoms in total. The van der Waals surface area contributed by atoms with Gasteiger partial charge in [0.2, 0.25) is 0 Å². The highest BCUT2D eigenvalue weighted by atomic mass is 35.5. The summed E-state index contributed by atoms with van der Waals surface area (Å²) < 4.78 is 98.9. The SMILES string of the molecule is CCCCc1ccc(C(F)(F)OC(=O)C2C(C=C(Cl)C(F)(F)F)C2(C)C)c(F)c1F. The van der Waals surface area contributed by atoms with Gasteiger partial charge in [-0.05, 0) is 35.8 Å². The van der Waals surface area contributed by atoms with Crippen molar-refractivity contribution in [3.05, 3.63) is 46.0 Å². The van der Waals surface area contributed by atoms with Crippen LogP contribution >= 0.6 is 11.6 Å². The number of allylic oxidation sites excluding steroid dienone is 2. The van der Waals surface area contributed by atoms with Crippen molar-refractivity contribution in [3.63, 3.8) is 0 Å². The first-order valence-electron chi connectivity index (χ1n) is 9.17. The maximum absolute atomic E-state index is 14.4. The van der Waals surface area contributed by atoms with Crippen LogP contribution in [-0.4, -0.2) is 12.1 Å². The molecule has 0 aromatic heterocycles. The standard InChI is InChI=1S/C20H20ClF7O2/c1-4-5-6-10-7-8-11(16(23)15(10)22)20(27,28)30-17(29)14-12(18(14,2)3)9-13(21)19(24,25)26/h7-9,12,14H,4-6H2,1-3H3. The molecule has 2 atom stereocenters. The molecule has 1 aromatic carbocycles. The second-order valence-corrected chi connectivity index (χ2v) is 8.19. The number of rotatable bonds is 7. The molecule has 0 bridgehead atoms. The van der Waals surface area contributed by atoms with Crippen LogP contribution in [0.15, 0.2) is 23.2 Å². The molecule has 2 unspecified atom stereocenters. The van der Waals surface area contributed by atoms with E-state index in [4.69, 9.17) is 11.6 Å². The van der Waals surface area contributed by atoms with Gasteiger partial charge in [0.25, 0.3) is 0 Å². The second kappa shape index (κ2) is 8.40. The van der Waals surface area contributed by atoms with E-state index in [9.17, 15) is 35.5 Å². The molecule has 10 heteroatoms. The molecule has 1 fully saturated rings. The first kappa shape index (κ1) is 24.5. The van der Waals surface area contributed by atoms with E-state index in [1.807, 2.05) is 6.92 Å². The van der Waals surface area contributed by atoms with E-state index in [0.717, 1.165) is 6.07 Å². The van der Waals surface area contributed by atoms with Crippen LogP contribution in [0.2, 0.25) is 0 Å². The Labute approximate surface area is 174 Å². The minimum Gasteiger partial charge on any atom is -0.397 e. The number of esters is 1. The lowest BCUT2D eigenvalue weighted by atomic mass is 10.0. The first-order valence-corrected chi connectivity index (χ1v) is 9.54. The van der Waals surface area contributed by atoms with E-state index in [-0.39, 0.29) is 12.0 Å². The lowest BCUT2D eigenvalue weighted by Gasteiger charge is -2.19. The zero-order chi connectivity index (χ0) is 23.1. The fourth-order valence-corrected chi connectivity index (χ4v) is 3.45. The third kappa shape index (κ3) is 4.92. The molecule has 1 aliphatic carbocycles. The molecule has 168 valence electrons. The van der Waals surface area contributed by atoms with Crippen molar-refractivity contribution < 1.29 is 40.3 Å².